The number of aryl methyl sites for hydroxylation is 1. The lowest BCUT2D eigenvalue weighted by molar-refractivity contribution is -0.138. The molecule has 1 aromatic rings. The fraction of sp³-hybridized carbons (Fsp3) is 0.500. The minimum atomic E-state index is -3.70. The number of nitrogens with one attached hydrogen (secondary N) is 1. The fourth-order valence-corrected chi connectivity index (χ4v) is 3.85. The van der Waals surface area contributed by atoms with Crippen LogP contribution < -0.4 is 4.72 Å². The van der Waals surface area contributed by atoms with Gasteiger partial charge in [-0.15, -0.1) is 0 Å². The Morgan fingerprint density at radius 3 is 2.32 bits per heavy atom. The lowest BCUT2D eigenvalue weighted by Gasteiger charge is -2.34. The Balaban J connectivity index is 1.84. The van der Waals surface area contributed by atoms with E-state index in [0.29, 0.717) is 31.2 Å². The van der Waals surface area contributed by atoms with Crippen molar-refractivity contribution in [1.82, 2.24) is 14.5 Å². The number of benzene rings is 1. The standard InChI is InChI=1S/C16H22ClN3O4S/c1-12-3-4-14(11-15(12)17)25(23,24)18-6-5-16(22)20-9-7-19(8-10-20)13(2)21/h3-4,11,18H,5-10H2,1-2H3. The molecule has 9 heteroatoms. The minimum Gasteiger partial charge on any atom is -0.339 e. The van der Waals surface area contributed by atoms with Gasteiger partial charge < -0.3 is 9.80 Å². The van der Waals surface area contributed by atoms with Crippen LogP contribution >= 0.6 is 11.6 Å². The molecule has 1 aliphatic rings. The van der Waals surface area contributed by atoms with E-state index in [2.05, 4.69) is 4.72 Å². The zero-order valence-electron chi connectivity index (χ0n) is 14.3. The van der Waals surface area contributed by atoms with Crippen molar-refractivity contribution in [2.24, 2.45) is 0 Å². The first kappa shape index (κ1) is 19.7. The van der Waals surface area contributed by atoms with Crippen LogP contribution in [0, 0.1) is 6.92 Å². The Morgan fingerprint density at radius 1 is 1.16 bits per heavy atom. The Morgan fingerprint density at radius 2 is 1.76 bits per heavy atom. The molecule has 0 spiro atoms. The van der Waals surface area contributed by atoms with Crippen molar-refractivity contribution in [1.29, 1.82) is 0 Å². The third-order valence-corrected chi connectivity index (χ3v) is 6.03. The van der Waals surface area contributed by atoms with Crippen molar-refractivity contribution < 1.29 is 18.0 Å². The lowest BCUT2D eigenvalue weighted by atomic mass is 10.2. The number of piperazine rings is 1. The Labute approximate surface area is 153 Å². The molecule has 2 amide bonds. The molecule has 1 N–H and O–H groups in total. The molecular formula is C16H22ClN3O4S. The number of hydrogen-bond donors (Lipinski definition) is 1. The molecule has 0 atom stereocenters. The molecule has 0 unspecified atom stereocenters. The lowest BCUT2D eigenvalue weighted by Crippen LogP contribution is -2.50. The first-order valence-electron chi connectivity index (χ1n) is 8.00. The second-order valence-electron chi connectivity index (χ2n) is 5.95. The number of nitrogens with zero attached hydrogens (tertiary/aromatic N) is 2. The minimum absolute atomic E-state index is 0.00313. The van der Waals surface area contributed by atoms with Gasteiger partial charge in [0.15, 0.2) is 0 Å². The molecule has 1 fully saturated rings. The van der Waals surface area contributed by atoms with E-state index in [1.807, 2.05) is 0 Å². The second-order valence-corrected chi connectivity index (χ2v) is 8.12. The van der Waals surface area contributed by atoms with Gasteiger partial charge in [-0.1, -0.05) is 17.7 Å². The molecule has 1 aromatic carbocycles. The highest BCUT2D eigenvalue weighted by molar-refractivity contribution is 7.89. The van der Waals surface area contributed by atoms with Gasteiger partial charge in [-0.2, -0.15) is 0 Å². The Hall–Kier alpha value is -1.64. The van der Waals surface area contributed by atoms with Crippen LogP contribution in [0.15, 0.2) is 23.1 Å². The van der Waals surface area contributed by atoms with Crippen molar-refractivity contribution in [3.8, 4) is 0 Å². The molecule has 0 bridgehead atoms. The van der Waals surface area contributed by atoms with Crippen LogP contribution in [0.2, 0.25) is 5.02 Å². The number of rotatable bonds is 5. The van der Waals surface area contributed by atoms with Gasteiger partial charge in [0.05, 0.1) is 4.90 Å². The van der Waals surface area contributed by atoms with Crippen molar-refractivity contribution in [3.63, 3.8) is 0 Å². The van der Waals surface area contributed by atoms with Crippen LogP contribution in [0.3, 0.4) is 0 Å². The van der Waals surface area contributed by atoms with Crippen molar-refractivity contribution in [2.75, 3.05) is 32.7 Å². The van der Waals surface area contributed by atoms with E-state index < -0.39 is 10.0 Å². The number of hydrogen-bond acceptors (Lipinski definition) is 4. The molecule has 1 heterocycles. The number of amides is 2. The van der Waals surface area contributed by atoms with Gasteiger partial charge in [-0.05, 0) is 24.6 Å². The first-order chi connectivity index (χ1) is 11.7. The highest BCUT2D eigenvalue weighted by Gasteiger charge is 2.22. The Kier molecular flexibility index (Phi) is 6.42. The van der Waals surface area contributed by atoms with Crippen LogP contribution in [-0.4, -0.2) is 62.8 Å². The maximum absolute atomic E-state index is 12.2. The molecule has 25 heavy (non-hydrogen) atoms. The monoisotopic (exact) mass is 387 g/mol. The molecular weight excluding hydrogens is 366 g/mol. The molecule has 0 aliphatic carbocycles. The summed E-state index contributed by atoms with van der Waals surface area (Å²) in [6.45, 7) is 5.26. The zero-order chi connectivity index (χ0) is 18.6. The number of carbonyl (C=O) groups excluding carboxylic acids is 2. The predicted molar refractivity (Wildman–Crippen MR) is 94.8 cm³/mol. The van der Waals surface area contributed by atoms with Gasteiger partial charge in [0.1, 0.15) is 0 Å². The van der Waals surface area contributed by atoms with Crippen LogP contribution in [0.25, 0.3) is 0 Å². The summed E-state index contributed by atoms with van der Waals surface area (Å²) < 4.78 is 26.9. The van der Waals surface area contributed by atoms with E-state index in [0.717, 1.165) is 5.56 Å². The highest BCUT2D eigenvalue weighted by atomic mass is 35.5. The maximum atomic E-state index is 12.2. The van der Waals surface area contributed by atoms with E-state index in [9.17, 15) is 18.0 Å². The predicted octanol–water partition coefficient (Wildman–Crippen LogP) is 1.01. The largest absolute Gasteiger partial charge is 0.339 e. The summed E-state index contributed by atoms with van der Waals surface area (Å²) >= 11 is 5.96. The highest BCUT2D eigenvalue weighted by Crippen LogP contribution is 2.19. The molecule has 1 aliphatic heterocycles. The van der Waals surface area contributed by atoms with Crippen LogP contribution in [0.4, 0.5) is 0 Å². The van der Waals surface area contributed by atoms with Gasteiger partial charge in [0.25, 0.3) is 0 Å². The second kappa shape index (κ2) is 8.16. The molecule has 2 rings (SSSR count). The zero-order valence-corrected chi connectivity index (χ0v) is 15.9. The number of carbonyl (C=O) groups is 2. The van der Waals surface area contributed by atoms with Crippen molar-refractivity contribution in [3.05, 3.63) is 28.8 Å². The SMILES string of the molecule is CC(=O)N1CCN(C(=O)CCNS(=O)(=O)c2ccc(C)c(Cl)c2)CC1. The molecule has 0 saturated carbocycles. The van der Waals surface area contributed by atoms with Gasteiger partial charge in [0.2, 0.25) is 21.8 Å². The quantitative estimate of drug-likeness (QED) is 0.816. The summed E-state index contributed by atoms with van der Waals surface area (Å²) in [6, 6.07) is 4.50. The average Bonchev–Trinajstić information content (AvgIpc) is 2.57. The first-order valence-corrected chi connectivity index (χ1v) is 9.86. The molecule has 1 saturated heterocycles. The summed E-state index contributed by atoms with van der Waals surface area (Å²) in [5.74, 6) is -0.135. The van der Waals surface area contributed by atoms with E-state index in [1.54, 1.807) is 22.8 Å². The van der Waals surface area contributed by atoms with E-state index in [1.165, 1.54) is 19.1 Å². The van der Waals surface area contributed by atoms with Crippen molar-refractivity contribution in [2.45, 2.75) is 25.2 Å². The molecule has 0 radical (unpaired) electrons. The summed E-state index contributed by atoms with van der Waals surface area (Å²) in [4.78, 5) is 26.8. The smallest absolute Gasteiger partial charge is 0.240 e. The van der Waals surface area contributed by atoms with Gasteiger partial charge in [-0.25, -0.2) is 13.1 Å². The van der Waals surface area contributed by atoms with Gasteiger partial charge in [-0.3, -0.25) is 9.59 Å². The normalized spacial score (nSPS) is 15.3. The topological polar surface area (TPSA) is 86.8 Å². The van der Waals surface area contributed by atoms with Crippen LogP contribution in [-0.2, 0) is 19.6 Å². The van der Waals surface area contributed by atoms with E-state index in [-0.39, 0.29) is 29.7 Å². The average molecular weight is 388 g/mol. The van der Waals surface area contributed by atoms with E-state index >= 15 is 0 Å². The maximum Gasteiger partial charge on any atom is 0.240 e. The van der Waals surface area contributed by atoms with Crippen molar-refractivity contribution >= 4 is 33.4 Å². The summed E-state index contributed by atoms with van der Waals surface area (Å²) in [5, 5.41) is 0.377. The molecule has 0 aromatic heterocycles. The number of halogens is 1. The summed E-state index contributed by atoms with van der Waals surface area (Å²) in [6.07, 6.45) is 0.0683. The summed E-state index contributed by atoms with van der Waals surface area (Å²) in [5.41, 5.74) is 0.792. The van der Waals surface area contributed by atoms with Crippen LogP contribution in [0.1, 0.15) is 18.9 Å². The fourth-order valence-electron chi connectivity index (χ4n) is 2.55. The van der Waals surface area contributed by atoms with E-state index in [4.69, 9.17) is 11.6 Å². The molecule has 138 valence electrons. The van der Waals surface area contributed by atoms with Gasteiger partial charge in [0, 0.05) is 51.1 Å². The number of sulfonamides is 1. The van der Waals surface area contributed by atoms with Crippen LogP contribution in [0.5, 0.6) is 0 Å². The Bertz CT molecular complexity index is 759. The van der Waals surface area contributed by atoms with Gasteiger partial charge >= 0.3 is 0 Å². The third-order valence-electron chi connectivity index (χ3n) is 4.16. The summed E-state index contributed by atoms with van der Waals surface area (Å²) in [7, 11) is -3.70. The molecule has 7 nitrogen and oxygen atoms in total. The third kappa shape index (κ3) is 5.17.